The molecule has 0 spiro atoms. The van der Waals surface area contributed by atoms with E-state index in [-0.39, 0.29) is 16.5 Å². The van der Waals surface area contributed by atoms with Crippen molar-refractivity contribution in [2.45, 2.75) is 18.9 Å². The van der Waals surface area contributed by atoms with E-state index in [9.17, 15) is 8.78 Å². The van der Waals surface area contributed by atoms with Crippen molar-refractivity contribution in [3.8, 4) is 0 Å². The first kappa shape index (κ1) is 12.7. The Hall–Kier alpha value is -0.710. The van der Waals surface area contributed by atoms with E-state index in [1.54, 1.807) is 0 Å². The molecule has 0 aliphatic carbocycles. The van der Waals surface area contributed by atoms with Crippen molar-refractivity contribution in [3.63, 3.8) is 0 Å². The maximum Gasteiger partial charge on any atom is 0.142 e. The van der Waals surface area contributed by atoms with Crippen molar-refractivity contribution in [1.82, 2.24) is 0 Å². The second-order valence-corrected chi connectivity index (χ2v) is 4.70. The van der Waals surface area contributed by atoms with E-state index in [0.717, 1.165) is 25.0 Å². The minimum Gasteiger partial charge on any atom is -0.381 e. The highest BCUT2D eigenvalue weighted by atomic mass is 35.5. The Morgan fingerprint density at radius 1 is 1.35 bits per heavy atom. The van der Waals surface area contributed by atoms with E-state index in [2.05, 4.69) is 0 Å². The van der Waals surface area contributed by atoms with Gasteiger partial charge in [0.15, 0.2) is 0 Å². The van der Waals surface area contributed by atoms with Gasteiger partial charge in [-0.1, -0.05) is 11.6 Å². The molecular weight excluding hydrogens is 248 g/mol. The van der Waals surface area contributed by atoms with Gasteiger partial charge < -0.3 is 10.5 Å². The van der Waals surface area contributed by atoms with Gasteiger partial charge >= 0.3 is 0 Å². The van der Waals surface area contributed by atoms with Crippen LogP contribution in [0.25, 0.3) is 0 Å². The van der Waals surface area contributed by atoms with Gasteiger partial charge in [-0.15, -0.1) is 0 Å². The first-order chi connectivity index (χ1) is 8.09. The van der Waals surface area contributed by atoms with Crippen molar-refractivity contribution >= 4 is 11.6 Å². The summed E-state index contributed by atoms with van der Waals surface area (Å²) < 4.78 is 32.3. The van der Waals surface area contributed by atoms with Crippen LogP contribution in [0.15, 0.2) is 12.1 Å². The predicted molar refractivity (Wildman–Crippen MR) is 61.8 cm³/mol. The molecule has 0 radical (unpaired) electrons. The largest absolute Gasteiger partial charge is 0.381 e. The minimum atomic E-state index is -0.643. The van der Waals surface area contributed by atoms with E-state index >= 15 is 0 Å². The number of benzene rings is 1. The smallest absolute Gasteiger partial charge is 0.142 e. The summed E-state index contributed by atoms with van der Waals surface area (Å²) in [5.41, 5.74) is 6.13. The van der Waals surface area contributed by atoms with Crippen molar-refractivity contribution in [2.75, 3.05) is 13.2 Å². The summed E-state index contributed by atoms with van der Waals surface area (Å²) >= 11 is 5.50. The first-order valence-corrected chi connectivity index (χ1v) is 5.95. The molecule has 1 aromatic carbocycles. The molecule has 2 nitrogen and oxygen atoms in total. The van der Waals surface area contributed by atoms with Gasteiger partial charge in [0.1, 0.15) is 11.6 Å². The fourth-order valence-corrected chi connectivity index (χ4v) is 2.25. The van der Waals surface area contributed by atoms with Crippen LogP contribution >= 0.6 is 11.6 Å². The Kier molecular flexibility index (Phi) is 3.97. The normalized spacial score (nSPS) is 22.5. The second-order valence-electron chi connectivity index (χ2n) is 4.29. The van der Waals surface area contributed by atoms with Gasteiger partial charge in [0, 0.05) is 24.1 Å². The molecular formula is C12H14ClF2NO. The molecule has 2 atom stereocenters. The summed E-state index contributed by atoms with van der Waals surface area (Å²) in [4.78, 5) is 0. The van der Waals surface area contributed by atoms with Gasteiger partial charge in [-0.3, -0.25) is 0 Å². The number of halogens is 3. The van der Waals surface area contributed by atoms with E-state index in [1.165, 1.54) is 0 Å². The molecule has 2 N–H and O–H groups in total. The zero-order chi connectivity index (χ0) is 12.4. The van der Waals surface area contributed by atoms with Crippen molar-refractivity contribution < 1.29 is 13.5 Å². The summed E-state index contributed by atoms with van der Waals surface area (Å²) in [6, 6.07) is 1.49. The molecule has 1 fully saturated rings. The highest BCUT2D eigenvalue weighted by molar-refractivity contribution is 6.30. The highest BCUT2D eigenvalue weighted by Gasteiger charge is 2.25. The molecule has 1 aliphatic rings. The predicted octanol–water partition coefficient (Wildman–Crippen LogP) is 3.04. The lowest BCUT2D eigenvalue weighted by atomic mass is 9.89. The van der Waals surface area contributed by atoms with Gasteiger partial charge in [-0.05, 0) is 25.0 Å². The first-order valence-electron chi connectivity index (χ1n) is 5.57. The Labute approximate surface area is 104 Å². The maximum atomic E-state index is 13.7. The van der Waals surface area contributed by atoms with Crippen molar-refractivity contribution in [3.05, 3.63) is 34.4 Å². The molecule has 0 bridgehead atoms. The van der Waals surface area contributed by atoms with E-state index < -0.39 is 17.7 Å². The lowest BCUT2D eigenvalue weighted by Gasteiger charge is -2.28. The van der Waals surface area contributed by atoms with Crippen LogP contribution in [-0.4, -0.2) is 13.2 Å². The summed E-state index contributed by atoms with van der Waals surface area (Å²) in [6.45, 7) is 1.20. The lowest BCUT2D eigenvalue weighted by molar-refractivity contribution is 0.0443. The van der Waals surface area contributed by atoms with Crippen LogP contribution in [0, 0.1) is 17.6 Å². The molecule has 94 valence electrons. The number of ether oxygens (including phenoxy) is 1. The third kappa shape index (κ3) is 2.76. The van der Waals surface area contributed by atoms with Crippen LogP contribution in [0.1, 0.15) is 24.4 Å². The molecule has 0 amide bonds. The molecule has 2 unspecified atom stereocenters. The minimum absolute atomic E-state index is 0.0267. The molecule has 17 heavy (non-hydrogen) atoms. The van der Waals surface area contributed by atoms with E-state index in [0.29, 0.717) is 13.2 Å². The highest BCUT2D eigenvalue weighted by Crippen LogP contribution is 2.30. The van der Waals surface area contributed by atoms with E-state index in [4.69, 9.17) is 22.1 Å². The Balaban J connectivity index is 2.23. The average molecular weight is 262 g/mol. The quantitative estimate of drug-likeness (QED) is 0.831. The van der Waals surface area contributed by atoms with Crippen LogP contribution < -0.4 is 5.73 Å². The third-order valence-corrected chi connectivity index (χ3v) is 3.39. The molecule has 0 aromatic heterocycles. The molecule has 5 heteroatoms. The zero-order valence-electron chi connectivity index (χ0n) is 9.26. The fraction of sp³-hybridized carbons (Fsp3) is 0.500. The Morgan fingerprint density at radius 2 is 2.12 bits per heavy atom. The Morgan fingerprint density at radius 3 is 2.76 bits per heavy atom. The summed E-state index contributed by atoms with van der Waals surface area (Å²) in [5.74, 6) is -1.18. The van der Waals surface area contributed by atoms with Crippen molar-refractivity contribution in [1.29, 1.82) is 0 Å². The zero-order valence-corrected chi connectivity index (χ0v) is 10.0. The van der Waals surface area contributed by atoms with Crippen LogP contribution in [0.3, 0.4) is 0 Å². The fourth-order valence-electron chi connectivity index (χ4n) is 2.10. The molecule has 1 heterocycles. The average Bonchev–Trinajstić information content (AvgIpc) is 2.34. The summed E-state index contributed by atoms with van der Waals surface area (Å²) in [5, 5.41) is -0.224. The molecule has 1 aliphatic heterocycles. The van der Waals surface area contributed by atoms with Crippen molar-refractivity contribution in [2.24, 2.45) is 11.7 Å². The molecule has 1 saturated heterocycles. The molecule has 0 saturated carbocycles. The monoisotopic (exact) mass is 261 g/mol. The topological polar surface area (TPSA) is 35.2 Å². The number of nitrogens with two attached hydrogens (primary N) is 1. The second kappa shape index (κ2) is 5.29. The number of hydrogen-bond donors (Lipinski definition) is 1. The third-order valence-electron chi connectivity index (χ3n) is 3.10. The lowest BCUT2D eigenvalue weighted by Crippen LogP contribution is -2.29. The summed E-state index contributed by atoms with van der Waals surface area (Å²) in [7, 11) is 0. The van der Waals surface area contributed by atoms with Gasteiger partial charge in [0.05, 0.1) is 11.6 Å². The maximum absolute atomic E-state index is 13.7. The van der Waals surface area contributed by atoms with E-state index in [1.807, 2.05) is 0 Å². The van der Waals surface area contributed by atoms with Crippen LogP contribution in [0.5, 0.6) is 0 Å². The van der Waals surface area contributed by atoms with Crippen LogP contribution in [0.2, 0.25) is 5.02 Å². The Bertz CT molecular complexity index is 408. The summed E-state index contributed by atoms with van der Waals surface area (Å²) in [6.07, 6.45) is 1.76. The van der Waals surface area contributed by atoms with Gasteiger partial charge in [-0.25, -0.2) is 8.78 Å². The molecule has 2 rings (SSSR count). The SMILES string of the molecule is NC(c1cc(F)c(Cl)cc1F)C1CCCOC1. The van der Waals surface area contributed by atoms with Gasteiger partial charge in [0.2, 0.25) is 0 Å². The van der Waals surface area contributed by atoms with Crippen LogP contribution in [-0.2, 0) is 4.74 Å². The van der Waals surface area contributed by atoms with Gasteiger partial charge in [-0.2, -0.15) is 0 Å². The van der Waals surface area contributed by atoms with Crippen LogP contribution in [0.4, 0.5) is 8.78 Å². The number of hydrogen-bond acceptors (Lipinski definition) is 2. The molecule has 1 aromatic rings. The van der Waals surface area contributed by atoms with Gasteiger partial charge in [0.25, 0.3) is 0 Å². The standard InChI is InChI=1S/C12H14ClF2NO/c13-9-5-10(14)8(4-11(9)15)12(16)7-2-1-3-17-6-7/h4-5,7,12H,1-3,6,16H2. The number of rotatable bonds is 2.